The van der Waals surface area contributed by atoms with Gasteiger partial charge in [-0.3, -0.25) is 14.5 Å². The fourth-order valence-corrected chi connectivity index (χ4v) is 2.31. The van der Waals surface area contributed by atoms with Crippen LogP contribution in [0.4, 0.5) is 4.39 Å². The Morgan fingerprint density at radius 1 is 1.20 bits per heavy atom. The summed E-state index contributed by atoms with van der Waals surface area (Å²) in [6.45, 7) is 2.64. The molecule has 0 radical (unpaired) electrons. The number of benzene rings is 1. The molecule has 1 heterocycles. The molecule has 1 fully saturated rings. The standard InChI is InChI=1S/C14H18FN3O2/c15-12-3-1-2-11(8-12)9-14(20)18-6-4-17(5-7-18)10-13(16)19/h1-3,8H,4-7,9-10H2,(H2,16,19). The van der Waals surface area contributed by atoms with E-state index in [-0.39, 0.29) is 30.6 Å². The van der Waals surface area contributed by atoms with Gasteiger partial charge >= 0.3 is 0 Å². The highest BCUT2D eigenvalue weighted by Crippen LogP contribution is 2.08. The summed E-state index contributed by atoms with van der Waals surface area (Å²) in [5, 5.41) is 0. The van der Waals surface area contributed by atoms with E-state index < -0.39 is 0 Å². The number of piperazine rings is 1. The fraction of sp³-hybridized carbons (Fsp3) is 0.429. The molecule has 1 aliphatic rings. The number of nitrogens with zero attached hydrogens (tertiary/aromatic N) is 2. The summed E-state index contributed by atoms with van der Waals surface area (Å²) in [5.74, 6) is -0.708. The van der Waals surface area contributed by atoms with Gasteiger partial charge in [0.25, 0.3) is 0 Å². The molecule has 108 valence electrons. The van der Waals surface area contributed by atoms with Crippen molar-refractivity contribution in [2.75, 3.05) is 32.7 Å². The quantitative estimate of drug-likeness (QED) is 0.843. The molecule has 1 aromatic carbocycles. The first-order valence-electron chi connectivity index (χ1n) is 6.57. The summed E-state index contributed by atoms with van der Waals surface area (Å²) in [6, 6.07) is 6.07. The van der Waals surface area contributed by atoms with Gasteiger partial charge in [-0.05, 0) is 17.7 Å². The minimum Gasteiger partial charge on any atom is -0.369 e. The number of hydrogen-bond donors (Lipinski definition) is 1. The van der Waals surface area contributed by atoms with Crippen LogP contribution in [0, 0.1) is 5.82 Å². The normalized spacial score (nSPS) is 16.1. The number of primary amides is 1. The molecule has 1 aromatic rings. The molecular weight excluding hydrogens is 261 g/mol. The zero-order valence-corrected chi connectivity index (χ0v) is 11.2. The van der Waals surface area contributed by atoms with Gasteiger partial charge in [-0.1, -0.05) is 12.1 Å². The molecule has 0 spiro atoms. The monoisotopic (exact) mass is 279 g/mol. The topological polar surface area (TPSA) is 66.6 Å². The molecule has 20 heavy (non-hydrogen) atoms. The lowest BCUT2D eigenvalue weighted by molar-refractivity contribution is -0.132. The third kappa shape index (κ3) is 4.03. The van der Waals surface area contributed by atoms with Gasteiger partial charge in [-0.25, -0.2) is 4.39 Å². The average molecular weight is 279 g/mol. The predicted molar refractivity (Wildman–Crippen MR) is 72.3 cm³/mol. The Bertz CT molecular complexity index is 499. The summed E-state index contributed by atoms with van der Waals surface area (Å²) < 4.78 is 13.1. The largest absolute Gasteiger partial charge is 0.369 e. The van der Waals surface area contributed by atoms with E-state index in [1.54, 1.807) is 17.0 Å². The van der Waals surface area contributed by atoms with Gasteiger partial charge in [0.1, 0.15) is 5.82 Å². The molecule has 2 rings (SSSR count). The molecule has 0 aromatic heterocycles. The van der Waals surface area contributed by atoms with Gasteiger partial charge < -0.3 is 10.6 Å². The Morgan fingerprint density at radius 2 is 1.90 bits per heavy atom. The highest BCUT2D eigenvalue weighted by Gasteiger charge is 2.21. The Kier molecular flexibility index (Phi) is 4.68. The lowest BCUT2D eigenvalue weighted by Crippen LogP contribution is -2.51. The second kappa shape index (κ2) is 6.47. The number of carbonyl (C=O) groups excluding carboxylic acids is 2. The summed E-state index contributed by atoms with van der Waals surface area (Å²) >= 11 is 0. The molecule has 1 aliphatic heterocycles. The second-order valence-electron chi connectivity index (χ2n) is 4.93. The number of hydrogen-bond acceptors (Lipinski definition) is 3. The fourth-order valence-electron chi connectivity index (χ4n) is 2.31. The van der Waals surface area contributed by atoms with Crippen molar-refractivity contribution in [1.82, 2.24) is 9.80 Å². The summed E-state index contributed by atoms with van der Waals surface area (Å²) in [6.07, 6.45) is 0.202. The number of amides is 2. The van der Waals surface area contributed by atoms with Gasteiger partial charge in [0.05, 0.1) is 13.0 Å². The summed E-state index contributed by atoms with van der Waals surface area (Å²) in [7, 11) is 0. The molecule has 6 heteroatoms. The Labute approximate surface area is 117 Å². The second-order valence-corrected chi connectivity index (χ2v) is 4.93. The Balaban J connectivity index is 1.84. The van der Waals surface area contributed by atoms with E-state index >= 15 is 0 Å². The van der Waals surface area contributed by atoms with Crippen LogP contribution in [0.1, 0.15) is 5.56 Å². The van der Waals surface area contributed by atoms with Crippen molar-refractivity contribution in [3.05, 3.63) is 35.6 Å². The maximum atomic E-state index is 13.1. The van der Waals surface area contributed by atoms with Crippen molar-refractivity contribution < 1.29 is 14.0 Å². The predicted octanol–water partition coefficient (Wildman–Crippen LogP) is -0.00230. The van der Waals surface area contributed by atoms with Crippen molar-refractivity contribution in [2.24, 2.45) is 5.73 Å². The van der Waals surface area contributed by atoms with Crippen LogP contribution < -0.4 is 5.73 Å². The van der Waals surface area contributed by atoms with Crippen LogP contribution >= 0.6 is 0 Å². The first kappa shape index (κ1) is 14.5. The van der Waals surface area contributed by atoms with Crippen molar-refractivity contribution >= 4 is 11.8 Å². The van der Waals surface area contributed by atoms with Crippen LogP contribution in [0.3, 0.4) is 0 Å². The molecule has 2 N–H and O–H groups in total. The van der Waals surface area contributed by atoms with Crippen molar-refractivity contribution in [1.29, 1.82) is 0 Å². The first-order chi connectivity index (χ1) is 9.54. The maximum absolute atomic E-state index is 13.1. The van der Waals surface area contributed by atoms with E-state index in [1.165, 1.54) is 12.1 Å². The van der Waals surface area contributed by atoms with E-state index in [9.17, 15) is 14.0 Å². The highest BCUT2D eigenvalue weighted by atomic mass is 19.1. The number of nitrogens with two attached hydrogens (primary N) is 1. The molecule has 5 nitrogen and oxygen atoms in total. The number of rotatable bonds is 4. The highest BCUT2D eigenvalue weighted by molar-refractivity contribution is 5.79. The molecule has 0 unspecified atom stereocenters. The Morgan fingerprint density at radius 3 is 2.50 bits per heavy atom. The van der Waals surface area contributed by atoms with Crippen LogP contribution in [0.15, 0.2) is 24.3 Å². The number of carbonyl (C=O) groups is 2. The van der Waals surface area contributed by atoms with E-state index in [0.717, 1.165) is 0 Å². The van der Waals surface area contributed by atoms with E-state index in [1.807, 2.05) is 4.90 Å². The molecule has 1 saturated heterocycles. The van der Waals surface area contributed by atoms with Crippen LogP contribution in [0.2, 0.25) is 0 Å². The average Bonchev–Trinajstić information content (AvgIpc) is 2.38. The third-order valence-corrected chi connectivity index (χ3v) is 3.35. The minimum atomic E-state index is -0.357. The smallest absolute Gasteiger partial charge is 0.231 e. The van der Waals surface area contributed by atoms with Gasteiger partial charge in [0.15, 0.2) is 0 Å². The maximum Gasteiger partial charge on any atom is 0.231 e. The van der Waals surface area contributed by atoms with Gasteiger partial charge in [-0.2, -0.15) is 0 Å². The summed E-state index contributed by atoms with van der Waals surface area (Å²) in [4.78, 5) is 26.6. The summed E-state index contributed by atoms with van der Waals surface area (Å²) in [5.41, 5.74) is 5.81. The van der Waals surface area contributed by atoms with Gasteiger partial charge in [0.2, 0.25) is 11.8 Å². The molecule has 0 atom stereocenters. The SMILES string of the molecule is NC(=O)CN1CCN(C(=O)Cc2cccc(F)c2)CC1. The van der Waals surface area contributed by atoms with Crippen LogP contribution in [0.5, 0.6) is 0 Å². The molecular formula is C14H18FN3O2. The molecule has 2 amide bonds. The van der Waals surface area contributed by atoms with Gasteiger partial charge in [-0.15, -0.1) is 0 Å². The minimum absolute atomic E-state index is 0.0191. The third-order valence-electron chi connectivity index (χ3n) is 3.35. The lowest BCUT2D eigenvalue weighted by Gasteiger charge is -2.34. The van der Waals surface area contributed by atoms with Crippen molar-refractivity contribution in [2.45, 2.75) is 6.42 Å². The Hall–Kier alpha value is -1.95. The first-order valence-corrected chi connectivity index (χ1v) is 6.57. The van der Waals surface area contributed by atoms with Crippen molar-refractivity contribution in [3.63, 3.8) is 0 Å². The van der Waals surface area contributed by atoms with E-state index in [4.69, 9.17) is 5.73 Å². The number of halogens is 1. The van der Waals surface area contributed by atoms with Crippen LogP contribution in [-0.4, -0.2) is 54.3 Å². The van der Waals surface area contributed by atoms with E-state index in [2.05, 4.69) is 0 Å². The molecule has 0 saturated carbocycles. The van der Waals surface area contributed by atoms with Crippen molar-refractivity contribution in [3.8, 4) is 0 Å². The molecule has 0 aliphatic carbocycles. The zero-order chi connectivity index (χ0) is 14.5. The molecule has 0 bridgehead atoms. The zero-order valence-electron chi connectivity index (χ0n) is 11.2. The van der Waals surface area contributed by atoms with Crippen LogP contribution in [-0.2, 0) is 16.0 Å². The van der Waals surface area contributed by atoms with Gasteiger partial charge in [0, 0.05) is 26.2 Å². The van der Waals surface area contributed by atoms with Crippen LogP contribution in [0.25, 0.3) is 0 Å². The van der Waals surface area contributed by atoms with E-state index in [0.29, 0.717) is 31.7 Å². The lowest BCUT2D eigenvalue weighted by atomic mass is 10.1.